The lowest BCUT2D eigenvalue weighted by Crippen LogP contribution is -2.02. The first-order valence-electron chi connectivity index (χ1n) is 4.72. The van der Waals surface area contributed by atoms with E-state index in [1.807, 2.05) is 18.2 Å². The fourth-order valence-corrected chi connectivity index (χ4v) is 2.65. The molecule has 2 aromatic rings. The van der Waals surface area contributed by atoms with Gasteiger partial charge in [-0.25, -0.2) is 9.97 Å². The summed E-state index contributed by atoms with van der Waals surface area (Å²) in [5, 5.41) is 0. The average Bonchev–Trinajstić information content (AvgIpc) is 2.64. The van der Waals surface area contributed by atoms with Gasteiger partial charge in [0, 0.05) is 6.20 Å². The first-order valence-corrected chi connectivity index (χ1v) is 6.33. The van der Waals surface area contributed by atoms with Crippen LogP contribution in [0.15, 0.2) is 28.2 Å². The van der Waals surface area contributed by atoms with Crippen LogP contribution in [0.1, 0.15) is 12.7 Å². The normalized spacial score (nSPS) is 10.4. The third-order valence-corrected chi connectivity index (χ3v) is 3.58. The zero-order valence-corrected chi connectivity index (χ0v) is 11.0. The molecule has 0 atom stereocenters. The van der Waals surface area contributed by atoms with E-state index in [4.69, 9.17) is 0 Å². The van der Waals surface area contributed by atoms with Gasteiger partial charge in [-0.05, 0) is 41.1 Å². The van der Waals surface area contributed by atoms with Gasteiger partial charge < -0.3 is 0 Å². The van der Waals surface area contributed by atoms with E-state index in [2.05, 4.69) is 25.9 Å². The minimum atomic E-state index is 0.0736. The molecule has 0 spiro atoms. The average molecular weight is 297 g/mol. The number of carbonyl (C=O) groups excluding carboxylic acids is 1. The van der Waals surface area contributed by atoms with E-state index in [0.717, 1.165) is 14.4 Å². The van der Waals surface area contributed by atoms with Gasteiger partial charge in [-0.1, -0.05) is 0 Å². The molecule has 0 aromatic carbocycles. The molecule has 0 bridgehead atoms. The highest BCUT2D eigenvalue weighted by Crippen LogP contribution is 2.29. The SMILES string of the molecule is CC(=O)Cc1nccc(-c2ccc(Br)s2)n1. The number of ketones is 1. The minimum absolute atomic E-state index is 0.0736. The first-order chi connectivity index (χ1) is 7.65. The second-order valence-electron chi connectivity index (χ2n) is 3.34. The van der Waals surface area contributed by atoms with Crippen molar-refractivity contribution in [3.05, 3.63) is 34.0 Å². The summed E-state index contributed by atoms with van der Waals surface area (Å²) in [6.07, 6.45) is 1.98. The van der Waals surface area contributed by atoms with Crippen molar-refractivity contribution in [1.29, 1.82) is 0 Å². The van der Waals surface area contributed by atoms with Gasteiger partial charge in [-0.2, -0.15) is 0 Å². The molecule has 0 unspecified atom stereocenters. The van der Waals surface area contributed by atoms with Gasteiger partial charge in [0.25, 0.3) is 0 Å². The Bertz CT molecular complexity index is 524. The van der Waals surface area contributed by atoms with Crippen molar-refractivity contribution in [2.75, 3.05) is 0 Å². The number of rotatable bonds is 3. The van der Waals surface area contributed by atoms with Crippen LogP contribution in [0.2, 0.25) is 0 Å². The lowest BCUT2D eigenvalue weighted by atomic mass is 10.3. The number of hydrogen-bond donors (Lipinski definition) is 0. The zero-order chi connectivity index (χ0) is 11.5. The van der Waals surface area contributed by atoms with Gasteiger partial charge in [0.1, 0.15) is 11.6 Å². The van der Waals surface area contributed by atoms with E-state index in [1.54, 1.807) is 17.5 Å². The molecular formula is C11H9BrN2OS. The Balaban J connectivity index is 2.32. The molecule has 0 aliphatic carbocycles. The van der Waals surface area contributed by atoms with Crippen LogP contribution in [0.3, 0.4) is 0 Å². The highest BCUT2D eigenvalue weighted by atomic mass is 79.9. The monoisotopic (exact) mass is 296 g/mol. The van der Waals surface area contributed by atoms with E-state index in [-0.39, 0.29) is 5.78 Å². The maximum Gasteiger partial charge on any atom is 0.137 e. The molecule has 0 saturated carbocycles. The van der Waals surface area contributed by atoms with Crippen molar-refractivity contribution < 1.29 is 4.79 Å². The molecule has 5 heteroatoms. The lowest BCUT2D eigenvalue weighted by Gasteiger charge is -1.99. The van der Waals surface area contributed by atoms with Crippen molar-refractivity contribution in [2.45, 2.75) is 13.3 Å². The Morgan fingerprint density at radius 3 is 2.88 bits per heavy atom. The van der Waals surface area contributed by atoms with Gasteiger partial charge >= 0.3 is 0 Å². The number of thiophene rings is 1. The molecule has 2 heterocycles. The molecule has 2 rings (SSSR count). The Morgan fingerprint density at radius 1 is 1.44 bits per heavy atom. The summed E-state index contributed by atoms with van der Waals surface area (Å²) in [7, 11) is 0. The summed E-state index contributed by atoms with van der Waals surface area (Å²) < 4.78 is 1.06. The summed E-state index contributed by atoms with van der Waals surface area (Å²) in [6.45, 7) is 1.54. The predicted molar refractivity (Wildman–Crippen MR) is 67.4 cm³/mol. The topological polar surface area (TPSA) is 42.9 Å². The molecule has 0 amide bonds. The fourth-order valence-electron chi connectivity index (χ4n) is 1.30. The van der Waals surface area contributed by atoms with Crippen LogP contribution < -0.4 is 0 Å². The number of Topliss-reactive ketones (excluding diaryl/α,β-unsaturated/α-hetero) is 1. The van der Waals surface area contributed by atoms with E-state index in [0.29, 0.717) is 12.2 Å². The molecule has 0 aliphatic rings. The Kier molecular flexibility index (Phi) is 3.46. The lowest BCUT2D eigenvalue weighted by molar-refractivity contribution is -0.116. The number of nitrogens with zero attached hydrogens (tertiary/aromatic N) is 2. The van der Waals surface area contributed by atoms with E-state index in [9.17, 15) is 4.79 Å². The van der Waals surface area contributed by atoms with Gasteiger partial charge in [-0.15, -0.1) is 11.3 Å². The molecule has 2 aromatic heterocycles. The maximum absolute atomic E-state index is 11.0. The van der Waals surface area contributed by atoms with Crippen LogP contribution in [0.4, 0.5) is 0 Å². The van der Waals surface area contributed by atoms with Crippen LogP contribution in [-0.4, -0.2) is 15.8 Å². The number of aromatic nitrogens is 2. The molecule has 0 aliphatic heterocycles. The number of carbonyl (C=O) groups is 1. The van der Waals surface area contributed by atoms with Crippen LogP contribution in [0, 0.1) is 0 Å². The zero-order valence-electron chi connectivity index (χ0n) is 8.61. The van der Waals surface area contributed by atoms with E-state index in [1.165, 1.54) is 6.92 Å². The third-order valence-electron chi connectivity index (χ3n) is 1.94. The quantitative estimate of drug-likeness (QED) is 0.874. The van der Waals surface area contributed by atoms with Crippen LogP contribution >= 0.6 is 27.3 Å². The predicted octanol–water partition coefficient (Wildman–Crippen LogP) is 3.10. The van der Waals surface area contributed by atoms with Crippen molar-refractivity contribution in [3.63, 3.8) is 0 Å². The Morgan fingerprint density at radius 2 is 2.25 bits per heavy atom. The van der Waals surface area contributed by atoms with Gasteiger partial charge in [0.05, 0.1) is 20.8 Å². The number of hydrogen-bond acceptors (Lipinski definition) is 4. The van der Waals surface area contributed by atoms with Crippen molar-refractivity contribution in [3.8, 4) is 10.6 Å². The third kappa shape index (κ3) is 2.74. The van der Waals surface area contributed by atoms with E-state index >= 15 is 0 Å². The smallest absolute Gasteiger partial charge is 0.137 e. The fraction of sp³-hybridized carbons (Fsp3) is 0.182. The summed E-state index contributed by atoms with van der Waals surface area (Å²) in [5.74, 6) is 0.652. The maximum atomic E-state index is 11.0. The molecule has 82 valence electrons. The van der Waals surface area contributed by atoms with Crippen molar-refractivity contribution in [2.24, 2.45) is 0 Å². The molecular weight excluding hydrogens is 288 g/mol. The summed E-state index contributed by atoms with van der Waals surface area (Å²) in [4.78, 5) is 20.5. The highest BCUT2D eigenvalue weighted by molar-refractivity contribution is 9.11. The van der Waals surface area contributed by atoms with Gasteiger partial charge in [0.15, 0.2) is 0 Å². The molecule has 0 fully saturated rings. The molecule has 3 nitrogen and oxygen atoms in total. The van der Waals surface area contributed by atoms with Crippen LogP contribution in [0.25, 0.3) is 10.6 Å². The molecule has 16 heavy (non-hydrogen) atoms. The summed E-state index contributed by atoms with van der Waals surface area (Å²) in [6, 6.07) is 5.82. The largest absolute Gasteiger partial charge is 0.300 e. The Labute approximate surface area is 106 Å². The van der Waals surface area contributed by atoms with Crippen LogP contribution in [-0.2, 0) is 11.2 Å². The highest BCUT2D eigenvalue weighted by Gasteiger charge is 2.06. The molecule has 0 radical (unpaired) electrons. The second-order valence-corrected chi connectivity index (χ2v) is 5.80. The van der Waals surface area contributed by atoms with Gasteiger partial charge in [0.2, 0.25) is 0 Å². The Hall–Kier alpha value is -1.07. The standard InChI is InChI=1S/C11H9BrN2OS/c1-7(15)6-11-13-5-4-8(14-11)9-2-3-10(12)16-9/h2-5H,6H2,1H3. The first kappa shape index (κ1) is 11.4. The summed E-state index contributed by atoms with van der Waals surface area (Å²) in [5.41, 5.74) is 0.863. The molecule has 0 saturated heterocycles. The number of halogens is 1. The molecule has 0 N–H and O–H groups in total. The van der Waals surface area contributed by atoms with Crippen LogP contribution in [0.5, 0.6) is 0 Å². The summed E-state index contributed by atoms with van der Waals surface area (Å²) >= 11 is 5.02. The van der Waals surface area contributed by atoms with Crippen molar-refractivity contribution >= 4 is 33.0 Å². The minimum Gasteiger partial charge on any atom is -0.300 e. The van der Waals surface area contributed by atoms with Gasteiger partial charge in [-0.3, -0.25) is 4.79 Å². The van der Waals surface area contributed by atoms with Crippen molar-refractivity contribution in [1.82, 2.24) is 9.97 Å². The van der Waals surface area contributed by atoms with E-state index < -0.39 is 0 Å². The second kappa shape index (κ2) is 4.84.